The average Bonchev–Trinajstić information content (AvgIpc) is 3.45. The zero-order chi connectivity index (χ0) is 18.2. The molecule has 3 aliphatic rings. The molecule has 1 amide bonds. The fourth-order valence-electron chi connectivity index (χ4n) is 4.39. The van der Waals surface area contributed by atoms with Crippen LogP contribution in [0.15, 0.2) is 11.6 Å². The smallest absolute Gasteiger partial charge is 0.407 e. The van der Waals surface area contributed by atoms with Gasteiger partial charge in [-0.1, -0.05) is 11.6 Å². The number of methoxy groups -OCH3 is 1. The molecule has 3 rings (SSSR count). The van der Waals surface area contributed by atoms with Crippen molar-refractivity contribution in [2.24, 2.45) is 5.92 Å². The van der Waals surface area contributed by atoms with Crippen molar-refractivity contribution in [1.82, 2.24) is 5.32 Å². The molecule has 1 saturated carbocycles. The molecule has 3 fully saturated rings. The van der Waals surface area contributed by atoms with Crippen LogP contribution in [0.4, 0.5) is 4.79 Å². The van der Waals surface area contributed by atoms with E-state index >= 15 is 0 Å². The summed E-state index contributed by atoms with van der Waals surface area (Å²) in [7, 11) is 1.68. The normalized spacial score (nSPS) is 42.0. The van der Waals surface area contributed by atoms with Crippen molar-refractivity contribution >= 4 is 6.09 Å². The Morgan fingerprint density at radius 3 is 2.68 bits per heavy atom. The monoisotopic (exact) mass is 353 g/mol. The number of nitrogens with one attached hydrogen (secondary N) is 1. The lowest BCUT2D eigenvalue weighted by molar-refractivity contribution is -0.118. The molecule has 1 aliphatic carbocycles. The number of carbonyl (C=O) groups excluding carboxylic acids is 1. The molecule has 0 aromatic heterocycles. The Labute approximate surface area is 150 Å². The van der Waals surface area contributed by atoms with Crippen LogP contribution in [0.3, 0.4) is 0 Å². The largest absolute Gasteiger partial charge is 0.443 e. The van der Waals surface area contributed by atoms with Crippen molar-refractivity contribution in [3.8, 4) is 0 Å². The van der Waals surface area contributed by atoms with E-state index in [1.165, 1.54) is 5.57 Å². The van der Waals surface area contributed by atoms with E-state index in [-0.39, 0.29) is 41.5 Å². The van der Waals surface area contributed by atoms with Gasteiger partial charge in [0.25, 0.3) is 0 Å². The molecule has 1 spiro atoms. The van der Waals surface area contributed by atoms with Gasteiger partial charge in [0.1, 0.15) is 23.4 Å². The highest BCUT2D eigenvalue weighted by molar-refractivity contribution is 5.67. The van der Waals surface area contributed by atoms with E-state index in [1.54, 1.807) is 7.11 Å². The fourth-order valence-corrected chi connectivity index (χ4v) is 4.39. The third-order valence-electron chi connectivity index (χ3n) is 5.82. The van der Waals surface area contributed by atoms with E-state index < -0.39 is 0 Å². The molecular weight excluding hydrogens is 322 g/mol. The molecule has 6 heteroatoms. The lowest BCUT2D eigenvalue weighted by atomic mass is 9.68. The van der Waals surface area contributed by atoms with Crippen LogP contribution >= 0.6 is 0 Å². The van der Waals surface area contributed by atoms with Gasteiger partial charge >= 0.3 is 6.09 Å². The third kappa shape index (κ3) is 3.57. The molecule has 6 unspecified atom stereocenters. The first-order valence-electron chi connectivity index (χ1n) is 9.28. The maximum atomic E-state index is 11.9. The Bertz CT molecular complexity index is 540. The number of alkyl carbamates (subject to hydrolysis) is 1. The number of amides is 1. The highest BCUT2D eigenvalue weighted by atomic mass is 16.6. The topological polar surface area (TPSA) is 72.6 Å². The number of carbonyl (C=O) groups is 1. The molecule has 142 valence electrons. The van der Waals surface area contributed by atoms with Gasteiger partial charge in [0.2, 0.25) is 0 Å². The number of allylic oxidation sites excluding steroid dienone is 1. The molecule has 2 heterocycles. The molecule has 0 radical (unpaired) electrons. The summed E-state index contributed by atoms with van der Waals surface area (Å²) >= 11 is 0. The molecule has 25 heavy (non-hydrogen) atoms. The highest BCUT2D eigenvalue weighted by Crippen LogP contribution is 2.59. The SMILES string of the molecule is CCNC(=O)OC1CCC2(CO2)C(C2(C)OC2CC=C(C)C)C1OC. The van der Waals surface area contributed by atoms with E-state index in [4.69, 9.17) is 18.9 Å². The summed E-state index contributed by atoms with van der Waals surface area (Å²) in [4.78, 5) is 11.9. The summed E-state index contributed by atoms with van der Waals surface area (Å²) < 4.78 is 23.5. The molecule has 2 aliphatic heterocycles. The molecule has 1 N–H and O–H groups in total. The van der Waals surface area contributed by atoms with Crippen molar-refractivity contribution in [3.63, 3.8) is 0 Å². The maximum absolute atomic E-state index is 11.9. The first kappa shape index (κ1) is 18.7. The number of epoxide rings is 2. The molecule has 0 bridgehead atoms. The summed E-state index contributed by atoms with van der Waals surface area (Å²) in [5.41, 5.74) is 0.808. The van der Waals surface area contributed by atoms with Crippen molar-refractivity contribution in [2.75, 3.05) is 20.3 Å². The zero-order valence-corrected chi connectivity index (χ0v) is 16.0. The molecule has 6 nitrogen and oxygen atoms in total. The minimum absolute atomic E-state index is 0.0636. The van der Waals surface area contributed by atoms with Crippen molar-refractivity contribution in [2.45, 2.75) is 76.5 Å². The van der Waals surface area contributed by atoms with Crippen molar-refractivity contribution in [3.05, 3.63) is 11.6 Å². The van der Waals surface area contributed by atoms with Gasteiger partial charge in [-0.15, -0.1) is 0 Å². The summed E-state index contributed by atoms with van der Waals surface area (Å²) in [6.07, 6.45) is 4.00. The second kappa shape index (κ2) is 6.89. The standard InChI is InChI=1S/C19H31NO5/c1-6-20-17(21)24-13-9-10-19(11-23-19)16(15(13)22-5)18(4)14(25-18)8-7-12(2)3/h7,13-16H,6,8-11H2,1-5H3,(H,20,21). The molecule has 0 aromatic rings. The summed E-state index contributed by atoms with van der Waals surface area (Å²) in [6.45, 7) is 9.49. The van der Waals surface area contributed by atoms with Gasteiger partial charge in [0.05, 0.1) is 18.6 Å². The Morgan fingerprint density at radius 1 is 1.40 bits per heavy atom. The van der Waals surface area contributed by atoms with Crippen molar-refractivity contribution < 1.29 is 23.7 Å². The summed E-state index contributed by atoms with van der Waals surface area (Å²) in [5, 5.41) is 2.70. The van der Waals surface area contributed by atoms with Crippen LogP contribution in [-0.4, -0.2) is 55.9 Å². The van der Waals surface area contributed by atoms with Gasteiger partial charge in [-0.25, -0.2) is 4.79 Å². The van der Waals surface area contributed by atoms with E-state index in [0.29, 0.717) is 6.54 Å². The molecule has 2 saturated heterocycles. The molecule has 6 atom stereocenters. The van der Waals surface area contributed by atoms with Crippen LogP contribution in [0, 0.1) is 5.92 Å². The Kier molecular flexibility index (Phi) is 5.15. The Morgan fingerprint density at radius 2 is 2.12 bits per heavy atom. The van der Waals surface area contributed by atoms with Crippen LogP contribution in [0.25, 0.3) is 0 Å². The quantitative estimate of drug-likeness (QED) is 0.587. The van der Waals surface area contributed by atoms with E-state index in [2.05, 4.69) is 32.2 Å². The average molecular weight is 353 g/mol. The van der Waals surface area contributed by atoms with Crippen LogP contribution in [-0.2, 0) is 18.9 Å². The second-order valence-electron chi connectivity index (χ2n) is 7.85. The lowest BCUT2D eigenvalue weighted by Gasteiger charge is -2.42. The summed E-state index contributed by atoms with van der Waals surface area (Å²) in [5.74, 6) is 0.0636. The van der Waals surface area contributed by atoms with Crippen LogP contribution in [0.5, 0.6) is 0 Å². The van der Waals surface area contributed by atoms with E-state index in [0.717, 1.165) is 25.9 Å². The Balaban J connectivity index is 1.75. The number of rotatable bonds is 6. The number of ether oxygens (including phenoxy) is 4. The summed E-state index contributed by atoms with van der Waals surface area (Å²) in [6, 6.07) is 0. The van der Waals surface area contributed by atoms with Gasteiger partial charge in [-0.3, -0.25) is 0 Å². The fraction of sp³-hybridized carbons (Fsp3) is 0.842. The van der Waals surface area contributed by atoms with E-state index in [9.17, 15) is 4.79 Å². The van der Waals surface area contributed by atoms with Gasteiger partial charge in [-0.2, -0.15) is 0 Å². The molecular formula is C19H31NO5. The van der Waals surface area contributed by atoms with Crippen molar-refractivity contribution in [1.29, 1.82) is 0 Å². The minimum atomic E-state index is -0.385. The van der Waals surface area contributed by atoms with Gasteiger partial charge in [-0.05, 0) is 47.0 Å². The van der Waals surface area contributed by atoms with Gasteiger partial charge in [0, 0.05) is 13.7 Å². The first-order chi connectivity index (χ1) is 11.9. The Hall–Kier alpha value is -1.11. The minimum Gasteiger partial charge on any atom is -0.443 e. The van der Waals surface area contributed by atoms with Gasteiger partial charge in [0.15, 0.2) is 0 Å². The lowest BCUT2D eigenvalue weighted by Crippen LogP contribution is -2.56. The van der Waals surface area contributed by atoms with Crippen LogP contribution in [0.1, 0.15) is 47.0 Å². The highest BCUT2D eigenvalue weighted by Gasteiger charge is 2.72. The maximum Gasteiger partial charge on any atom is 0.407 e. The number of hydrogen-bond acceptors (Lipinski definition) is 5. The first-order valence-corrected chi connectivity index (χ1v) is 9.28. The number of hydrogen-bond donors (Lipinski definition) is 1. The second-order valence-corrected chi connectivity index (χ2v) is 7.85. The zero-order valence-electron chi connectivity index (χ0n) is 16.0. The van der Waals surface area contributed by atoms with Crippen LogP contribution in [0.2, 0.25) is 0 Å². The third-order valence-corrected chi connectivity index (χ3v) is 5.82. The van der Waals surface area contributed by atoms with E-state index in [1.807, 2.05) is 6.92 Å². The predicted molar refractivity (Wildman–Crippen MR) is 93.5 cm³/mol. The van der Waals surface area contributed by atoms with Crippen LogP contribution < -0.4 is 5.32 Å². The molecule has 0 aromatic carbocycles. The predicted octanol–water partition coefficient (Wildman–Crippen LogP) is 2.81. The van der Waals surface area contributed by atoms with Gasteiger partial charge < -0.3 is 24.3 Å².